The van der Waals surface area contributed by atoms with E-state index in [4.69, 9.17) is 20.4 Å². The van der Waals surface area contributed by atoms with Crippen LogP contribution in [0.2, 0.25) is 0 Å². The summed E-state index contributed by atoms with van der Waals surface area (Å²) in [6, 6.07) is 2.18. The largest absolute Gasteiger partial charge is 0.475 e. The van der Waals surface area contributed by atoms with E-state index in [0.717, 1.165) is 37.8 Å². The van der Waals surface area contributed by atoms with Crippen molar-refractivity contribution >= 4 is 11.9 Å². The Balaban J connectivity index is 0.000000384. The first-order chi connectivity index (χ1) is 10.0. The van der Waals surface area contributed by atoms with E-state index in [1.165, 1.54) is 12.8 Å². The Kier molecular flexibility index (Phi) is 10.9. The predicted molar refractivity (Wildman–Crippen MR) is 74.5 cm³/mol. The van der Waals surface area contributed by atoms with E-state index >= 15 is 0 Å². The van der Waals surface area contributed by atoms with Gasteiger partial charge in [-0.3, -0.25) is 0 Å². The average Bonchev–Trinajstić information content (AvgIpc) is 2.94. The molecule has 7 nitrogen and oxygen atoms in total. The monoisotopic (exact) mass is 302 g/mol. The lowest BCUT2D eigenvalue weighted by molar-refractivity contribution is 0.0631. The molecule has 21 heavy (non-hydrogen) atoms. The van der Waals surface area contributed by atoms with Gasteiger partial charge >= 0.3 is 11.9 Å². The predicted octanol–water partition coefficient (Wildman–Crippen LogP) is 1.99. The SMILES string of the molecule is O=C(O)c1ccc(C(=O)O)o1.OCCCCCCCCO. The first-order valence-electron chi connectivity index (χ1n) is 6.81. The fraction of sp³-hybridized carbons (Fsp3) is 0.571. The lowest BCUT2D eigenvalue weighted by Gasteiger charge is -1.97. The van der Waals surface area contributed by atoms with Crippen molar-refractivity contribution in [3.63, 3.8) is 0 Å². The van der Waals surface area contributed by atoms with Gasteiger partial charge in [0.25, 0.3) is 0 Å². The molecule has 0 saturated heterocycles. The minimum Gasteiger partial charge on any atom is -0.475 e. The molecule has 4 N–H and O–H groups in total. The Morgan fingerprint density at radius 1 is 0.762 bits per heavy atom. The highest BCUT2D eigenvalue weighted by molar-refractivity contribution is 5.88. The molecule has 0 radical (unpaired) electrons. The molecule has 0 aliphatic rings. The Hall–Kier alpha value is -1.86. The Morgan fingerprint density at radius 3 is 1.33 bits per heavy atom. The second-order valence-electron chi connectivity index (χ2n) is 4.34. The van der Waals surface area contributed by atoms with Crippen molar-refractivity contribution in [2.45, 2.75) is 38.5 Å². The Labute approximate surface area is 122 Å². The molecule has 0 aromatic carbocycles. The summed E-state index contributed by atoms with van der Waals surface area (Å²) in [5, 5.41) is 33.4. The molecular weight excluding hydrogens is 280 g/mol. The van der Waals surface area contributed by atoms with Gasteiger partial charge in [0.1, 0.15) is 0 Å². The summed E-state index contributed by atoms with van der Waals surface area (Å²) in [7, 11) is 0. The second-order valence-corrected chi connectivity index (χ2v) is 4.34. The van der Waals surface area contributed by atoms with Crippen molar-refractivity contribution in [1.29, 1.82) is 0 Å². The van der Waals surface area contributed by atoms with E-state index in [-0.39, 0.29) is 11.5 Å². The van der Waals surface area contributed by atoms with E-state index in [1.807, 2.05) is 0 Å². The van der Waals surface area contributed by atoms with Gasteiger partial charge in [-0.1, -0.05) is 25.7 Å². The van der Waals surface area contributed by atoms with Gasteiger partial charge in [0.2, 0.25) is 11.5 Å². The number of aliphatic hydroxyl groups excluding tert-OH is 2. The van der Waals surface area contributed by atoms with Crippen LogP contribution in [0.25, 0.3) is 0 Å². The molecule has 0 unspecified atom stereocenters. The van der Waals surface area contributed by atoms with Gasteiger partial charge in [0.05, 0.1) is 0 Å². The topological polar surface area (TPSA) is 128 Å². The van der Waals surface area contributed by atoms with Crippen molar-refractivity contribution < 1.29 is 34.4 Å². The third-order valence-corrected chi connectivity index (χ3v) is 2.59. The molecular formula is C14H22O7. The number of aliphatic hydroxyl groups is 2. The highest BCUT2D eigenvalue weighted by Crippen LogP contribution is 2.07. The van der Waals surface area contributed by atoms with Crippen LogP contribution in [-0.4, -0.2) is 45.6 Å². The highest BCUT2D eigenvalue weighted by Gasteiger charge is 2.12. The third kappa shape index (κ3) is 9.64. The van der Waals surface area contributed by atoms with E-state index in [1.54, 1.807) is 0 Å². The van der Waals surface area contributed by atoms with Crippen LogP contribution in [0.1, 0.15) is 59.6 Å². The number of hydrogen-bond acceptors (Lipinski definition) is 5. The summed E-state index contributed by atoms with van der Waals surface area (Å²) in [6.45, 7) is 0.639. The maximum atomic E-state index is 10.2. The van der Waals surface area contributed by atoms with Crippen LogP contribution >= 0.6 is 0 Å². The molecule has 0 amide bonds. The van der Waals surface area contributed by atoms with Crippen molar-refractivity contribution in [3.05, 3.63) is 23.7 Å². The Bertz CT molecular complexity index is 375. The van der Waals surface area contributed by atoms with E-state index in [2.05, 4.69) is 4.42 Å². The summed E-state index contributed by atoms with van der Waals surface area (Å²) < 4.78 is 4.41. The Morgan fingerprint density at radius 2 is 1.10 bits per heavy atom. The fourth-order valence-corrected chi connectivity index (χ4v) is 1.50. The standard InChI is InChI=1S/C8H18O2.C6H4O5/c9-7-5-3-1-2-4-6-8-10;7-5(8)3-1-2-4(11-3)6(9)10/h9-10H,1-8H2;1-2H,(H,7,8)(H,9,10). The molecule has 0 aliphatic carbocycles. The molecule has 0 spiro atoms. The normalized spacial score (nSPS) is 9.81. The van der Waals surface area contributed by atoms with Gasteiger partial charge in [-0.25, -0.2) is 9.59 Å². The van der Waals surface area contributed by atoms with Crippen molar-refractivity contribution in [3.8, 4) is 0 Å². The van der Waals surface area contributed by atoms with Gasteiger partial charge in [0, 0.05) is 13.2 Å². The van der Waals surface area contributed by atoms with Gasteiger partial charge in [-0.15, -0.1) is 0 Å². The van der Waals surface area contributed by atoms with E-state index in [9.17, 15) is 9.59 Å². The van der Waals surface area contributed by atoms with Crippen LogP contribution in [0, 0.1) is 0 Å². The molecule has 1 heterocycles. The summed E-state index contributed by atoms with van der Waals surface area (Å²) in [4.78, 5) is 20.3. The van der Waals surface area contributed by atoms with Crippen molar-refractivity contribution in [2.24, 2.45) is 0 Å². The number of unbranched alkanes of at least 4 members (excludes halogenated alkanes) is 5. The number of furan rings is 1. The van der Waals surface area contributed by atoms with Crippen LogP contribution in [0.15, 0.2) is 16.5 Å². The van der Waals surface area contributed by atoms with Crippen LogP contribution < -0.4 is 0 Å². The number of carboxylic acid groups (broad SMARTS) is 2. The van der Waals surface area contributed by atoms with Crippen LogP contribution in [0.4, 0.5) is 0 Å². The molecule has 0 aliphatic heterocycles. The molecule has 0 atom stereocenters. The van der Waals surface area contributed by atoms with Gasteiger partial charge in [0.15, 0.2) is 0 Å². The quantitative estimate of drug-likeness (QED) is 0.513. The van der Waals surface area contributed by atoms with E-state index < -0.39 is 11.9 Å². The van der Waals surface area contributed by atoms with Gasteiger partial charge in [-0.05, 0) is 25.0 Å². The maximum absolute atomic E-state index is 10.2. The number of rotatable bonds is 9. The molecule has 1 rings (SSSR count). The van der Waals surface area contributed by atoms with Crippen LogP contribution in [0.5, 0.6) is 0 Å². The average molecular weight is 302 g/mol. The minimum atomic E-state index is -1.28. The zero-order chi connectivity index (χ0) is 16.1. The molecule has 0 fully saturated rings. The zero-order valence-corrected chi connectivity index (χ0v) is 11.8. The lowest BCUT2D eigenvalue weighted by Crippen LogP contribution is -1.94. The van der Waals surface area contributed by atoms with E-state index in [0.29, 0.717) is 13.2 Å². The maximum Gasteiger partial charge on any atom is 0.371 e. The van der Waals surface area contributed by atoms with Crippen molar-refractivity contribution in [2.75, 3.05) is 13.2 Å². The first kappa shape index (κ1) is 19.1. The molecule has 1 aromatic rings. The van der Waals surface area contributed by atoms with Crippen LogP contribution in [-0.2, 0) is 0 Å². The molecule has 0 bridgehead atoms. The summed E-state index contributed by atoms with van der Waals surface area (Å²) >= 11 is 0. The summed E-state index contributed by atoms with van der Waals surface area (Å²) in [5.74, 6) is -3.31. The highest BCUT2D eigenvalue weighted by atomic mass is 16.4. The smallest absolute Gasteiger partial charge is 0.371 e. The summed E-state index contributed by atoms with van der Waals surface area (Å²) in [6.07, 6.45) is 6.50. The van der Waals surface area contributed by atoms with Gasteiger partial charge < -0.3 is 24.8 Å². The van der Waals surface area contributed by atoms with Crippen molar-refractivity contribution in [1.82, 2.24) is 0 Å². The van der Waals surface area contributed by atoms with Crippen LogP contribution in [0.3, 0.4) is 0 Å². The molecule has 7 heteroatoms. The number of carboxylic acids is 2. The first-order valence-corrected chi connectivity index (χ1v) is 6.81. The fourth-order valence-electron chi connectivity index (χ4n) is 1.50. The molecule has 1 aromatic heterocycles. The third-order valence-electron chi connectivity index (χ3n) is 2.59. The van der Waals surface area contributed by atoms with Gasteiger partial charge in [-0.2, -0.15) is 0 Å². The number of carbonyl (C=O) groups is 2. The minimum absolute atomic E-state index is 0.319. The second kappa shape index (κ2) is 11.9. The number of hydrogen-bond donors (Lipinski definition) is 4. The molecule has 0 saturated carbocycles. The summed E-state index contributed by atoms with van der Waals surface area (Å²) in [5.41, 5.74) is 0. The lowest BCUT2D eigenvalue weighted by atomic mass is 10.1. The number of aromatic carboxylic acids is 2. The molecule has 120 valence electrons. The zero-order valence-electron chi connectivity index (χ0n) is 11.8.